The highest BCUT2D eigenvalue weighted by Gasteiger charge is 2.47. The Labute approximate surface area is 157 Å². The van der Waals surface area contributed by atoms with Crippen LogP contribution in [0.2, 0.25) is 0 Å². The fraction of sp³-hybridized carbons (Fsp3) is 0.636. The van der Waals surface area contributed by atoms with Gasteiger partial charge in [0.25, 0.3) is 0 Å². The Bertz CT molecular complexity index is 640. The van der Waals surface area contributed by atoms with Crippen LogP contribution >= 0.6 is 0 Å². The molecule has 1 aromatic rings. The van der Waals surface area contributed by atoms with Gasteiger partial charge in [-0.25, -0.2) is 4.39 Å². The third kappa shape index (κ3) is 5.39. The van der Waals surface area contributed by atoms with Crippen molar-refractivity contribution in [3.05, 3.63) is 35.6 Å². The van der Waals surface area contributed by atoms with E-state index in [4.69, 9.17) is 0 Å². The molecule has 1 aromatic carbocycles. The highest BCUT2D eigenvalue weighted by molar-refractivity contribution is 5.94. The van der Waals surface area contributed by atoms with Crippen molar-refractivity contribution in [3.63, 3.8) is 0 Å². The monoisotopic (exact) mass is 363 g/mol. The Morgan fingerprint density at radius 2 is 1.62 bits per heavy atom. The van der Waals surface area contributed by atoms with Gasteiger partial charge in [0.15, 0.2) is 5.78 Å². The summed E-state index contributed by atoms with van der Waals surface area (Å²) in [6, 6.07) is 6.03. The van der Waals surface area contributed by atoms with Crippen molar-refractivity contribution < 1.29 is 14.0 Å². The molecule has 0 bridgehead atoms. The number of benzene rings is 1. The van der Waals surface area contributed by atoms with Gasteiger partial charge < -0.3 is 5.32 Å². The molecule has 4 heteroatoms. The number of carbonyl (C=O) groups excluding carboxylic acids is 2. The van der Waals surface area contributed by atoms with Crippen LogP contribution in [0.25, 0.3) is 0 Å². The summed E-state index contributed by atoms with van der Waals surface area (Å²) in [7, 11) is 0. The van der Waals surface area contributed by atoms with Crippen LogP contribution in [0.5, 0.6) is 0 Å². The molecule has 2 rings (SSSR count). The molecule has 1 saturated carbocycles. The molecular weight excluding hydrogens is 329 g/mol. The largest absolute Gasteiger partial charge is 0.345 e. The minimum atomic E-state index is -0.549. The van der Waals surface area contributed by atoms with Crippen LogP contribution in [-0.2, 0) is 9.59 Å². The molecule has 1 N–H and O–H groups in total. The molecule has 0 aromatic heterocycles. The minimum absolute atomic E-state index is 0.0199. The van der Waals surface area contributed by atoms with Crippen molar-refractivity contribution in [1.82, 2.24) is 5.32 Å². The number of ketones is 1. The van der Waals surface area contributed by atoms with Gasteiger partial charge in [0, 0.05) is 11.3 Å². The Kier molecular flexibility index (Phi) is 7.15. The number of nitrogens with one attached hydrogen (secondary N) is 1. The van der Waals surface area contributed by atoms with Crippen molar-refractivity contribution in [2.75, 3.05) is 0 Å². The Morgan fingerprint density at radius 3 is 2.08 bits per heavy atom. The second-order valence-electron chi connectivity index (χ2n) is 8.89. The molecule has 0 spiro atoms. The Morgan fingerprint density at radius 1 is 1.08 bits per heavy atom. The van der Waals surface area contributed by atoms with Crippen LogP contribution in [0.4, 0.5) is 4.39 Å². The van der Waals surface area contributed by atoms with Gasteiger partial charge in [-0.3, -0.25) is 9.59 Å². The van der Waals surface area contributed by atoms with Crippen molar-refractivity contribution in [2.24, 2.45) is 16.7 Å². The highest BCUT2D eigenvalue weighted by atomic mass is 19.1. The number of carbonyl (C=O) groups is 2. The van der Waals surface area contributed by atoms with E-state index in [9.17, 15) is 14.0 Å². The molecule has 1 aliphatic carbocycles. The van der Waals surface area contributed by atoms with E-state index in [1.807, 2.05) is 55.4 Å². The smallest absolute Gasteiger partial charge is 0.224 e. The lowest BCUT2D eigenvalue weighted by Gasteiger charge is -2.34. The maximum atomic E-state index is 13.9. The van der Waals surface area contributed by atoms with Crippen molar-refractivity contribution in [3.8, 4) is 0 Å². The second kappa shape index (κ2) is 8.32. The number of hydrogen-bond acceptors (Lipinski definition) is 2. The summed E-state index contributed by atoms with van der Waals surface area (Å²) in [4.78, 5) is 25.3. The van der Waals surface area contributed by atoms with E-state index in [1.165, 1.54) is 6.07 Å². The molecule has 3 atom stereocenters. The van der Waals surface area contributed by atoms with E-state index in [1.54, 1.807) is 18.2 Å². The topological polar surface area (TPSA) is 46.2 Å². The third-order valence-electron chi connectivity index (χ3n) is 4.59. The lowest BCUT2D eigenvalue weighted by atomic mass is 9.75. The summed E-state index contributed by atoms with van der Waals surface area (Å²) in [6.07, 6.45) is 0.632. The average molecular weight is 364 g/mol. The molecule has 1 aliphatic rings. The van der Waals surface area contributed by atoms with Crippen molar-refractivity contribution >= 4 is 11.7 Å². The molecule has 26 heavy (non-hydrogen) atoms. The first-order valence-corrected chi connectivity index (χ1v) is 9.52. The molecule has 0 heterocycles. The second-order valence-corrected chi connectivity index (χ2v) is 8.89. The van der Waals surface area contributed by atoms with Gasteiger partial charge in [-0.1, -0.05) is 73.6 Å². The fourth-order valence-electron chi connectivity index (χ4n) is 2.96. The number of amides is 1. The van der Waals surface area contributed by atoms with E-state index in [2.05, 4.69) is 5.32 Å². The summed E-state index contributed by atoms with van der Waals surface area (Å²) >= 11 is 0. The zero-order valence-electron chi connectivity index (χ0n) is 17.4. The quantitative estimate of drug-likeness (QED) is 0.809. The van der Waals surface area contributed by atoms with Crippen molar-refractivity contribution in [2.45, 2.75) is 73.8 Å². The molecule has 0 aliphatic heterocycles. The van der Waals surface area contributed by atoms with Gasteiger partial charge in [0.2, 0.25) is 5.91 Å². The maximum absolute atomic E-state index is 13.9. The number of rotatable bonds is 4. The van der Waals surface area contributed by atoms with E-state index in [0.29, 0.717) is 12.0 Å². The molecular formula is C22H34FNO2. The van der Waals surface area contributed by atoms with E-state index < -0.39 is 11.5 Å². The molecule has 0 saturated heterocycles. The van der Waals surface area contributed by atoms with Gasteiger partial charge in [-0.15, -0.1) is 0 Å². The van der Waals surface area contributed by atoms with E-state index in [-0.39, 0.29) is 34.8 Å². The summed E-state index contributed by atoms with van der Waals surface area (Å²) in [5.74, 6) is -0.737. The molecule has 3 nitrogen and oxygen atoms in total. The third-order valence-corrected chi connectivity index (χ3v) is 4.59. The molecule has 1 fully saturated rings. The predicted octanol–water partition coefficient (Wildman–Crippen LogP) is 5.10. The predicted molar refractivity (Wildman–Crippen MR) is 104 cm³/mol. The summed E-state index contributed by atoms with van der Waals surface area (Å²) in [5.41, 5.74) is -0.311. The van der Waals surface area contributed by atoms with Crippen LogP contribution in [0.3, 0.4) is 0 Å². The summed E-state index contributed by atoms with van der Waals surface area (Å²) in [6.45, 7) is 15.4. The lowest BCUT2D eigenvalue weighted by molar-refractivity contribution is -0.135. The first-order chi connectivity index (χ1) is 11.9. The Balaban J connectivity index is 0.00000163. The molecule has 146 valence electrons. The highest BCUT2D eigenvalue weighted by Crippen LogP contribution is 2.48. The zero-order valence-corrected chi connectivity index (χ0v) is 17.4. The van der Waals surface area contributed by atoms with E-state index >= 15 is 0 Å². The van der Waals surface area contributed by atoms with Crippen LogP contribution in [-0.4, -0.2) is 17.7 Å². The van der Waals surface area contributed by atoms with Crippen LogP contribution in [0, 0.1) is 22.6 Å². The number of Topliss-reactive ketones (excluding diaryl/α,β-unsaturated/α-hetero) is 1. The van der Waals surface area contributed by atoms with Crippen LogP contribution in [0.15, 0.2) is 24.3 Å². The minimum Gasteiger partial charge on any atom is -0.345 e. The standard InChI is InChI=1S/C20H28FNO2.C2H6/c1-19(2,3)16(17(23)20(4,5)6)22-18(24)14-11-13(14)12-9-7-8-10-15(12)21;1-2/h7-10,13-14,16H,11H2,1-6H3,(H,22,24);1-2H3/t13-,14?,16?;/m0./s1. The van der Waals surface area contributed by atoms with E-state index in [0.717, 1.165) is 0 Å². The maximum Gasteiger partial charge on any atom is 0.224 e. The van der Waals surface area contributed by atoms with Gasteiger partial charge in [0.1, 0.15) is 5.82 Å². The Hall–Kier alpha value is -1.71. The molecule has 1 amide bonds. The summed E-state index contributed by atoms with van der Waals surface area (Å²) in [5, 5.41) is 2.93. The number of halogens is 1. The van der Waals surface area contributed by atoms with Crippen LogP contribution < -0.4 is 5.32 Å². The van der Waals surface area contributed by atoms with Gasteiger partial charge in [0.05, 0.1) is 6.04 Å². The normalized spacial score (nSPS) is 20.5. The first kappa shape index (κ1) is 22.3. The van der Waals surface area contributed by atoms with Crippen molar-refractivity contribution in [1.29, 1.82) is 0 Å². The lowest BCUT2D eigenvalue weighted by Crippen LogP contribution is -2.53. The first-order valence-electron chi connectivity index (χ1n) is 9.52. The SMILES string of the molecule is CC.CC(C)(C)C(=O)C(NC(=O)C1C[C@H]1c1ccccc1F)C(C)(C)C. The van der Waals surface area contributed by atoms with Gasteiger partial charge in [-0.05, 0) is 29.4 Å². The number of hydrogen-bond donors (Lipinski definition) is 1. The van der Waals surface area contributed by atoms with Gasteiger partial charge in [-0.2, -0.15) is 0 Å². The molecule has 0 radical (unpaired) electrons. The summed E-state index contributed by atoms with van der Waals surface area (Å²) < 4.78 is 13.9. The molecule has 2 unspecified atom stereocenters. The van der Waals surface area contributed by atoms with Crippen LogP contribution in [0.1, 0.15) is 73.3 Å². The average Bonchev–Trinajstić information content (AvgIpc) is 3.32. The van der Waals surface area contributed by atoms with Gasteiger partial charge >= 0.3 is 0 Å². The fourth-order valence-corrected chi connectivity index (χ4v) is 2.96. The zero-order chi connectivity index (χ0) is 20.3.